The highest BCUT2D eigenvalue weighted by atomic mass is 79.9. The SMILES string of the molecule is Nc1cncc(Br)c1OCCCO. The number of halogens is 1. The molecule has 0 bridgehead atoms. The molecule has 1 heterocycles. The molecule has 1 rings (SSSR count). The molecule has 0 radical (unpaired) electrons. The van der Waals surface area contributed by atoms with Crippen LogP contribution in [0.2, 0.25) is 0 Å². The first kappa shape index (κ1) is 10.3. The summed E-state index contributed by atoms with van der Waals surface area (Å²) in [6.07, 6.45) is 3.73. The Morgan fingerprint density at radius 2 is 2.31 bits per heavy atom. The van der Waals surface area contributed by atoms with Crippen LogP contribution in [-0.2, 0) is 0 Å². The van der Waals surface area contributed by atoms with E-state index in [0.29, 0.717) is 24.5 Å². The first-order chi connectivity index (χ1) is 6.25. The summed E-state index contributed by atoms with van der Waals surface area (Å²) in [5, 5.41) is 8.55. The number of nitrogens with zero attached hydrogens (tertiary/aromatic N) is 1. The lowest BCUT2D eigenvalue weighted by atomic mass is 10.4. The van der Waals surface area contributed by atoms with Gasteiger partial charge in [0.05, 0.1) is 23.0 Å². The quantitative estimate of drug-likeness (QED) is 0.784. The van der Waals surface area contributed by atoms with Gasteiger partial charge in [0.2, 0.25) is 0 Å². The predicted octanol–water partition coefficient (Wildman–Crippen LogP) is 1.19. The van der Waals surface area contributed by atoms with E-state index in [9.17, 15) is 0 Å². The maximum absolute atomic E-state index is 8.55. The van der Waals surface area contributed by atoms with Gasteiger partial charge in [-0.05, 0) is 15.9 Å². The van der Waals surface area contributed by atoms with Gasteiger partial charge < -0.3 is 15.6 Å². The van der Waals surface area contributed by atoms with Gasteiger partial charge in [-0.3, -0.25) is 4.98 Å². The number of aliphatic hydroxyl groups is 1. The van der Waals surface area contributed by atoms with Gasteiger partial charge in [-0.25, -0.2) is 0 Å². The number of aromatic nitrogens is 1. The summed E-state index contributed by atoms with van der Waals surface area (Å²) in [5.74, 6) is 0.587. The van der Waals surface area contributed by atoms with E-state index in [1.165, 1.54) is 6.20 Å². The van der Waals surface area contributed by atoms with Gasteiger partial charge >= 0.3 is 0 Å². The number of hydrogen-bond acceptors (Lipinski definition) is 4. The van der Waals surface area contributed by atoms with Crippen LogP contribution < -0.4 is 10.5 Å². The standard InChI is InChI=1S/C8H11BrN2O2/c9-6-4-11-5-7(10)8(6)13-3-1-2-12/h4-5,12H,1-3,10H2. The Hall–Kier alpha value is -0.810. The Balaban J connectivity index is 2.64. The van der Waals surface area contributed by atoms with Crippen molar-refractivity contribution in [3.8, 4) is 5.75 Å². The molecule has 0 unspecified atom stereocenters. The van der Waals surface area contributed by atoms with Crippen molar-refractivity contribution < 1.29 is 9.84 Å². The van der Waals surface area contributed by atoms with Gasteiger partial charge in [-0.2, -0.15) is 0 Å². The minimum atomic E-state index is 0.114. The Morgan fingerprint density at radius 1 is 1.54 bits per heavy atom. The van der Waals surface area contributed by atoms with Gasteiger partial charge in [0.25, 0.3) is 0 Å². The van der Waals surface area contributed by atoms with Gasteiger partial charge in [-0.1, -0.05) is 0 Å². The smallest absolute Gasteiger partial charge is 0.159 e. The maximum atomic E-state index is 8.55. The summed E-state index contributed by atoms with van der Waals surface area (Å²) >= 11 is 3.27. The zero-order valence-electron chi connectivity index (χ0n) is 7.03. The van der Waals surface area contributed by atoms with Crippen LogP contribution in [0.1, 0.15) is 6.42 Å². The molecule has 4 nitrogen and oxygen atoms in total. The van der Waals surface area contributed by atoms with Crippen LogP contribution in [0.5, 0.6) is 5.75 Å². The molecule has 0 aromatic carbocycles. The van der Waals surface area contributed by atoms with E-state index in [1.807, 2.05) is 0 Å². The lowest BCUT2D eigenvalue weighted by molar-refractivity contribution is 0.233. The number of rotatable bonds is 4. The van der Waals surface area contributed by atoms with Crippen molar-refractivity contribution >= 4 is 21.6 Å². The molecule has 0 aliphatic rings. The highest BCUT2D eigenvalue weighted by molar-refractivity contribution is 9.10. The van der Waals surface area contributed by atoms with E-state index in [4.69, 9.17) is 15.6 Å². The second-order valence-corrected chi connectivity index (χ2v) is 3.32. The molecule has 0 spiro atoms. The van der Waals surface area contributed by atoms with E-state index < -0.39 is 0 Å². The molecule has 0 aliphatic carbocycles. The normalized spacial score (nSPS) is 10.0. The average molecular weight is 247 g/mol. The summed E-state index contributed by atoms with van der Waals surface area (Å²) in [7, 11) is 0. The van der Waals surface area contributed by atoms with Crippen LogP contribution in [0.4, 0.5) is 5.69 Å². The van der Waals surface area contributed by atoms with Crippen LogP contribution in [0.25, 0.3) is 0 Å². The lowest BCUT2D eigenvalue weighted by Gasteiger charge is -2.08. The second-order valence-electron chi connectivity index (χ2n) is 2.47. The number of nitrogen functional groups attached to an aromatic ring is 1. The minimum absolute atomic E-state index is 0.114. The fraction of sp³-hybridized carbons (Fsp3) is 0.375. The van der Waals surface area contributed by atoms with Gasteiger partial charge in [0.1, 0.15) is 0 Å². The first-order valence-corrected chi connectivity index (χ1v) is 4.67. The van der Waals surface area contributed by atoms with Gasteiger partial charge in [0.15, 0.2) is 5.75 Å². The molecule has 13 heavy (non-hydrogen) atoms. The fourth-order valence-electron chi connectivity index (χ4n) is 0.829. The van der Waals surface area contributed by atoms with E-state index in [2.05, 4.69) is 20.9 Å². The number of pyridine rings is 1. The van der Waals surface area contributed by atoms with Gasteiger partial charge in [0, 0.05) is 19.2 Å². The summed E-state index contributed by atoms with van der Waals surface area (Å²) in [6, 6.07) is 0. The molecule has 72 valence electrons. The molecular formula is C8H11BrN2O2. The van der Waals surface area contributed by atoms with Crippen molar-refractivity contribution in [3.63, 3.8) is 0 Å². The largest absolute Gasteiger partial charge is 0.490 e. The van der Waals surface area contributed by atoms with Crippen LogP contribution in [0, 0.1) is 0 Å². The zero-order chi connectivity index (χ0) is 9.68. The van der Waals surface area contributed by atoms with Crippen LogP contribution in [0.3, 0.4) is 0 Å². The van der Waals surface area contributed by atoms with E-state index in [0.717, 1.165) is 4.47 Å². The Kier molecular flexibility index (Phi) is 3.98. The molecule has 0 saturated heterocycles. The Bertz CT molecular complexity index is 261. The van der Waals surface area contributed by atoms with Crippen molar-refractivity contribution in [1.82, 2.24) is 4.98 Å². The maximum Gasteiger partial charge on any atom is 0.159 e. The minimum Gasteiger partial charge on any atom is -0.490 e. The molecule has 1 aromatic rings. The number of ether oxygens (including phenoxy) is 1. The van der Waals surface area contributed by atoms with Gasteiger partial charge in [-0.15, -0.1) is 0 Å². The molecule has 3 N–H and O–H groups in total. The monoisotopic (exact) mass is 246 g/mol. The predicted molar refractivity (Wildman–Crippen MR) is 53.5 cm³/mol. The molecule has 5 heteroatoms. The summed E-state index contributed by atoms with van der Waals surface area (Å²) in [4.78, 5) is 3.87. The lowest BCUT2D eigenvalue weighted by Crippen LogP contribution is -2.03. The van der Waals surface area contributed by atoms with Crippen molar-refractivity contribution in [3.05, 3.63) is 16.9 Å². The zero-order valence-corrected chi connectivity index (χ0v) is 8.62. The third kappa shape index (κ3) is 2.86. The van der Waals surface area contributed by atoms with Crippen LogP contribution >= 0.6 is 15.9 Å². The van der Waals surface area contributed by atoms with E-state index in [-0.39, 0.29) is 6.61 Å². The number of nitrogens with two attached hydrogens (primary N) is 1. The highest BCUT2D eigenvalue weighted by Crippen LogP contribution is 2.29. The second kappa shape index (κ2) is 5.04. The topological polar surface area (TPSA) is 68.4 Å². The average Bonchev–Trinajstić information content (AvgIpc) is 2.10. The molecule has 0 atom stereocenters. The van der Waals surface area contributed by atoms with Crippen molar-refractivity contribution in [2.45, 2.75) is 6.42 Å². The van der Waals surface area contributed by atoms with Crippen LogP contribution in [-0.4, -0.2) is 23.3 Å². The number of aliphatic hydroxyl groups excluding tert-OH is 1. The molecule has 0 amide bonds. The molecular weight excluding hydrogens is 236 g/mol. The third-order valence-electron chi connectivity index (χ3n) is 1.43. The summed E-state index contributed by atoms with van der Waals surface area (Å²) < 4.78 is 6.06. The highest BCUT2D eigenvalue weighted by Gasteiger charge is 2.04. The molecule has 1 aromatic heterocycles. The fourth-order valence-corrected chi connectivity index (χ4v) is 1.29. The van der Waals surface area contributed by atoms with E-state index >= 15 is 0 Å². The van der Waals surface area contributed by atoms with Crippen molar-refractivity contribution in [2.24, 2.45) is 0 Å². The third-order valence-corrected chi connectivity index (χ3v) is 1.99. The molecule has 0 saturated carbocycles. The summed E-state index contributed by atoms with van der Waals surface area (Å²) in [5.41, 5.74) is 6.12. The Labute approximate surface area is 84.9 Å². The first-order valence-electron chi connectivity index (χ1n) is 3.88. The van der Waals surface area contributed by atoms with Crippen LogP contribution in [0.15, 0.2) is 16.9 Å². The summed E-state index contributed by atoms with van der Waals surface area (Å²) in [6.45, 7) is 0.561. The van der Waals surface area contributed by atoms with Crippen molar-refractivity contribution in [1.29, 1.82) is 0 Å². The van der Waals surface area contributed by atoms with E-state index in [1.54, 1.807) is 6.20 Å². The number of hydrogen-bond donors (Lipinski definition) is 2. The molecule has 0 aliphatic heterocycles. The van der Waals surface area contributed by atoms with Crippen molar-refractivity contribution in [2.75, 3.05) is 18.9 Å². The number of anilines is 1. The molecule has 0 fully saturated rings. The Morgan fingerprint density at radius 3 is 2.92 bits per heavy atom.